The van der Waals surface area contributed by atoms with Gasteiger partial charge in [0.1, 0.15) is 11.9 Å². The molecule has 1 aliphatic rings. The number of hydrogen-bond donors (Lipinski definition) is 1. The van der Waals surface area contributed by atoms with Gasteiger partial charge in [-0.05, 0) is 26.4 Å². The molecule has 1 aliphatic heterocycles. The van der Waals surface area contributed by atoms with E-state index in [1.165, 1.54) is 7.05 Å². The molecule has 100 valence electrons. The Labute approximate surface area is 102 Å². The minimum absolute atomic E-state index is 0.479. The first-order valence-electron chi connectivity index (χ1n) is 5.73. The normalized spacial score (nSPS) is 23.6. The number of rotatable bonds is 4. The molecule has 7 heteroatoms. The molecule has 0 bridgehead atoms. The summed E-state index contributed by atoms with van der Waals surface area (Å²) < 4.78 is 25.3. The maximum Gasteiger partial charge on any atom is 0.318 e. The minimum Gasteiger partial charge on any atom is -0.480 e. The molecule has 1 saturated heterocycles. The molecular weight excluding hydrogens is 244 g/mol. The van der Waals surface area contributed by atoms with E-state index < -0.39 is 27.9 Å². The van der Waals surface area contributed by atoms with Crippen molar-refractivity contribution >= 4 is 16.0 Å². The molecule has 1 heterocycles. The molecule has 1 fully saturated rings. The van der Waals surface area contributed by atoms with Crippen LogP contribution in [0.3, 0.4) is 0 Å². The van der Waals surface area contributed by atoms with Crippen LogP contribution in [-0.2, 0) is 14.8 Å². The zero-order valence-electron chi connectivity index (χ0n) is 10.3. The van der Waals surface area contributed by atoms with Gasteiger partial charge < -0.3 is 5.11 Å². The Hall–Kier alpha value is -0.660. The second-order valence-corrected chi connectivity index (χ2v) is 6.68. The third-order valence-electron chi connectivity index (χ3n) is 3.09. The van der Waals surface area contributed by atoms with Gasteiger partial charge in [0.05, 0.1) is 0 Å². The Morgan fingerprint density at radius 2 is 2.06 bits per heavy atom. The highest BCUT2D eigenvalue weighted by Crippen LogP contribution is 2.21. The van der Waals surface area contributed by atoms with Crippen LogP contribution in [0.25, 0.3) is 0 Å². The van der Waals surface area contributed by atoms with Crippen LogP contribution in [0.15, 0.2) is 0 Å². The van der Waals surface area contributed by atoms with Gasteiger partial charge in [-0.3, -0.25) is 9.69 Å². The van der Waals surface area contributed by atoms with Gasteiger partial charge in [0.25, 0.3) is 0 Å². The summed E-state index contributed by atoms with van der Waals surface area (Å²) in [7, 11) is -0.450. The quantitative estimate of drug-likeness (QED) is 0.783. The average molecular weight is 264 g/mol. The number of carbonyl (C=O) groups is 1. The lowest BCUT2D eigenvalue weighted by atomic mass is 10.2. The zero-order valence-corrected chi connectivity index (χ0v) is 11.1. The predicted molar refractivity (Wildman–Crippen MR) is 64.1 cm³/mol. The van der Waals surface area contributed by atoms with Crippen molar-refractivity contribution in [2.24, 2.45) is 0 Å². The molecule has 0 aromatic carbocycles. The molecule has 1 N–H and O–H groups in total. The summed E-state index contributed by atoms with van der Waals surface area (Å²) in [4.78, 5) is 12.4. The van der Waals surface area contributed by atoms with Gasteiger partial charge in [0, 0.05) is 7.05 Å². The van der Waals surface area contributed by atoms with Crippen LogP contribution in [0.1, 0.15) is 25.7 Å². The summed E-state index contributed by atoms with van der Waals surface area (Å²) in [6, 6.07) is 0. The van der Waals surface area contributed by atoms with Crippen LogP contribution in [0.5, 0.6) is 0 Å². The number of likely N-dealkylation sites (N-methyl/N-ethyl adjacent to an activating group) is 1. The van der Waals surface area contributed by atoms with Crippen molar-refractivity contribution in [1.82, 2.24) is 9.21 Å². The molecule has 6 nitrogen and oxygen atoms in total. The smallest absolute Gasteiger partial charge is 0.318 e. The largest absolute Gasteiger partial charge is 0.480 e. The Morgan fingerprint density at radius 3 is 2.65 bits per heavy atom. The molecule has 0 aliphatic carbocycles. The number of carboxylic acid groups (broad SMARTS) is 1. The van der Waals surface area contributed by atoms with E-state index in [4.69, 9.17) is 5.11 Å². The third kappa shape index (κ3) is 3.65. The molecule has 0 amide bonds. The van der Waals surface area contributed by atoms with Crippen LogP contribution in [0, 0.1) is 0 Å². The summed E-state index contributed by atoms with van der Waals surface area (Å²) in [6.07, 6.45) is 3.46. The van der Waals surface area contributed by atoms with Gasteiger partial charge in [-0.25, -0.2) is 8.42 Å². The van der Waals surface area contributed by atoms with E-state index in [2.05, 4.69) is 0 Å². The lowest BCUT2D eigenvalue weighted by Crippen LogP contribution is -2.46. The number of likely N-dealkylation sites (tertiary alicyclic amines) is 1. The first-order valence-corrected chi connectivity index (χ1v) is 7.23. The topological polar surface area (TPSA) is 77.9 Å². The second-order valence-electron chi connectivity index (χ2n) is 4.48. The maximum atomic E-state index is 12.2. The highest BCUT2D eigenvalue weighted by atomic mass is 32.2. The molecule has 0 aromatic heterocycles. The van der Waals surface area contributed by atoms with Crippen LogP contribution in [0.4, 0.5) is 0 Å². The van der Waals surface area contributed by atoms with Crippen LogP contribution < -0.4 is 0 Å². The second kappa shape index (κ2) is 5.79. The van der Waals surface area contributed by atoms with Gasteiger partial charge >= 0.3 is 5.97 Å². The van der Waals surface area contributed by atoms with Gasteiger partial charge in [-0.1, -0.05) is 12.8 Å². The fourth-order valence-electron chi connectivity index (χ4n) is 2.09. The van der Waals surface area contributed by atoms with E-state index in [9.17, 15) is 13.2 Å². The third-order valence-corrected chi connectivity index (χ3v) is 5.37. The molecule has 1 rings (SSSR count). The highest BCUT2D eigenvalue weighted by Gasteiger charge is 2.34. The molecule has 17 heavy (non-hydrogen) atoms. The van der Waals surface area contributed by atoms with E-state index in [0.717, 1.165) is 30.1 Å². The summed E-state index contributed by atoms with van der Waals surface area (Å²) in [6.45, 7) is 0.261. The number of aliphatic carboxylic acids is 1. The first kappa shape index (κ1) is 14.4. The van der Waals surface area contributed by atoms with E-state index in [1.807, 2.05) is 0 Å². The Morgan fingerprint density at radius 1 is 1.41 bits per heavy atom. The maximum absolute atomic E-state index is 12.2. The van der Waals surface area contributed by atoms with Gasteiger partial charge in [0.2, 0.25) is 10.0 Å². The summed E-state index contributed by atoms with van der Waals surface area (Å²) in [5, 5.41) is 8.06. The van der Waals surface area contributed by atoms with Crippen molar-refractivity contribution in [1.29, 1.82) is 0 Å². The lowest BCUT2D eigenvalue weighted by Gasteiger charge is -2.29. The van der Waals surface area contributed by atoms with Crippen molar-refractivity contribution in [3.05, 3.63) is 0 Å². The van der Waals surface area contributed by atoms with E-state index in [0.29, 0.717) is 6.42 Å². The zero-order chi connectivity index (χ0) is 13.1. The fraction of sp³-hybridized carbons (Fsp3) is 0.900. The van der Waals surface area contributed by atoms with Gasteiger partial charge in [-0.15, -0.1) is 0 Å². The number of sulfonamides is 1. The molecule has 0 saturated carbocycles. The Bertz CT molecular complexity index is 369. The molecule has 0 unspecified atom stereocenters. The molecule has 0 radical (unpaired) electrons. The number of nitrogens with zero attached hydrogens (tertiary/aromatic N) is 2. The van der Waals surface area contributed by atoms with Crippen LogP contribution in [-0.4, -0.2) is 61.3 Å². The summed E-state index contributed by atoms with van der Waals surface area (Å²) >= 11 is 0. The molecular formula is C10H20N2O4S. The van der Waals surface area contributed by atoms with Gasteiger partial charge in [0.15, 0.2) is 0 Å². The number of carboxylic acids is 1. The SMILES string of the molecule is CN1CCCCC[C@H]1S(=O)(=O)N(C)CC(=O)O. The van der Waals surface area contributed by atoms with Gasteiger partial charge in [-0.2, -0.15) is 4.31 Å². The van der Waals surface area contributed by atoms with Crippen molar-refractivity contribution in [3.63, 3.8) is 0 Å². The van der Waals surface area contributed by atoms with E-state index in [1.54, 1.807) is 11.9 Å². The van der Waals surface area contributed by atoms with Crippen molar-refractivity contribution in [2.75, 3.05) is 27.2 Å². The standard InChI is InChI=1S/C10H20N2O4S/c1-11-7-5-3-4-6-9(11)17(15,16)12(2)8-10(13)14/h9H,3-8H2,1-2H3,(H,13,14)/t9-/m1/s1. The minimum atomic E-state index is -3.55. The highest BCUT2D eigenvalue weighted by molar-refractivity contribution is 7.89. The fourth-order valence-corrected chi connectivity index (χ4v) is 3.82. The monoisotopic (exact) mass is 264 g/mol. The Kier molecular flexibility index (Phi) is 4.91. The Balaban J connectivity index is 2.83. The van der Waals surface area contributed by atoms with Crippen molar-refractivity contribution in [3.8, 4) is 0 Å². The molecule has 0 aromatic rings. The van der Waals surface area contributed by atoms with Crippen LogP contribution >= 0.6 is 0 Å². The lowest BCUT2D eigenvalue weighted by molar-refractivity contribution is -0.137. The van der Waals surface area contributed by atoms with Crippen LogP contribution in [0.2, 0.25) is 0 Å². The predicted octanol–water partition coefficient (Wildman–Crippen LogP) is 0.165. The van der Waals surface area contributed by atoms with Crippen molar-refractivity contribution < 1.29 is 18.3 Å². The first-order chi connectivity index (χ1) is 7.85. The summed E-state index contributed by atoms with van der Waals surface area (Å²) in [5.41, 5.74) is 0. The average Bonchev–Trinajstić information content (AvgIpc) is 2.41. The number of hydrogen-bond acceptors (Lipinski definition) is 4. The molecule has 0 spiro atoms. The van der Waals surface area contributed by atoms with E-state index >= 15 is 0 Å². The summed E-state index contributed by atoms with van der Waals surface area (Å²) in [5.74, 6) is -1.13. The van der Waals surface area contributed by atoms with E-state index in [-0.39, 0.29) is 0 Å². The van der Waals surface area contributed by atoms with Crippen molar-refractivity contribution in [2.45, 2.75) is 31.1 Å². The molecule has 1 atom stereocenters.